The van der Waals surface area contributed by atoms with Gasteiger partial charge in [-0.25, -0.2) is 9.49 Å². The zero-order valence-corrected chi connectivity index (χ0v) is 16.8. The molecule has 158 valence electrons. The van der Waals surface area contributed by atoms with E-state index in [1.165, 1.54) is 12.1 Å². The van der Waals surface area contributed by atoms with Gasteiger partial charge in [0.15, 0.2) is 0 Å². The van der Waals surface area contributed by atoms with Crippen molar-refractivity contribution in [2.45, 2.75) is 12.8 Å². The fourth-order valence-corrected chi connectivity index (χ4v) is 4.06. The average Bonchev–Trinajstić information content (AvgIpc) is 3.65. The molecule has 0 radical (unpaired) electrons. The maximum atomic E-state index is 14.6. The highest BCUT2D eigenvalue weighted by Crippen LogP contribution is 2.31. The Hall–Kier alpha value is -3.55. The van der Waals surface area contributed by atoms with Crippen LogP contribution in [0.15, 0.2) is 47.3 Å². The van der Waals surface area contributed by atoms with Crippen LogP contribution in [0, 0.1) is 11.7 Å². The molecule has 0 bridgehead atoms. The number of halogens is 1. The number of H-pyrrole nitrogens is 1. The maximum absolute atomic E-state index is 14.6. The van der Waals surface area contributed by atoms with E-state index in [-0.39, 0.29) is 22.9 Å². The van der Waals surface area contributed by atoms with Gasteiger partial charge in [0, 0.05) is 43.0 Å². The first-order chi connectivity index (χ1) is 15.0. The normalized spacial score (nSPS) is 16.5. The number of carbonyl (C=O) groups is 2. The van der Waals surface area contributed by atoms with E-state index in [0.717, 1.165) is 12.8 Å². The molecule has 1 aliphatic heterocycles. The van der Waals surface area contributed by atoms with Crippen LogP contribution in [-0.4, -0.2) is 58.0 Å². The average molecular weight is 420 g/mol. The molecule has 0 unspecified atom stereocenters. The number of amides is 2. The summed E-state index contributed by atoms with van der Waals surface area (Å²) in [6.07, 6.45) is 1.90. The van der Waals surface area contributed by atoms with Gasteiger partial charge in [-0.05, 0) is 37.1 Å². The molecule has 31 heavy (non-hydrogen) atoms. The summed E-state index contributed by atoms with van der Waals surface area (Å²) < 4.78 is 14.6. The SMILES string of the molecule is O=C(c1cc(-c2n[nH]c(=O)c3ccccc23)ccc1F)N1CCN(C(=O)C2CC2)CC1. The van der Waals surface area contributed by atoms with E-state index in [0.29, 0.717) is 48.2 Å². The van der Waals surface area contributed by atoms with Crippen molar-refractivity contribution in [3.63, 3.8) is 0 Å². The number of nitrogens with one attached hydrogen (secondary N) is 1. The van der Waals surface area contributed by atoms with Crippen LogP contribution in [0.4, 0.5) is 4.39 Å². The molecule has 2 amide bonds. The predicted molar refractivity (Wildman–Crippen MR) is 113 cm³/mol. The molecule has 1 aromatic heterocycles. The fraction of sp³-hybridized carbons (Fsp3) is 0.304. The molecule has 7 nitrogen and oxygen atoms in total. The van der Waals surface area contributed by atoms with E-state index in [9.17, 15) is 18.8 Å². The van der Waals surface area contributed by atoms with Crippen LogP contribution in [0.25, 0.3) is 22.0 Å². The minimum absolute atomic E-state index is 0.0449. The van der Waals surface area contributed by atoms with Crippen molar-refractivity contribution >= 4 is 22.6 Å². The third-order valence-corrected chi connectivity index (χ3v) is 5.97. The van der Waals surface area contributed by atoms with Crippen molar-refractivity contribution in [2.75, 3.05) is 26.2 Å². The lowest BCUT2D eigenvalue weighted by molar-refractivity contribution is -0.134. The second kappa shape index (κ2) is 7.61. The Balaban J connectivity index is 1.42. The summed E-state index contributed by atoms with van der Waals surface area (Å²) in [6, 6.07) is 11.3. The Morgan fingerprint density at radius 2 is 1.65 bits per heavy atom. The van der Waals surface area contributed by atoms with Crippen molar-refractivity contribution in [2.24, 2.45) is 5.92 Å². The first-order valence-corrected chi connectivity index (χ1v) is 10.4. The first kappa shape index (κ1) is 19.4. The van der Waals surface area contributed by atoms with E-state index in [1.807, 2.05) is 0 Å². The Morgan fingerprint density at radius 3 is 2.35 bits per heavy atom. The second-order valence-electron chi connectivity index (χ2n) is 8.03. The summed E-state index contributed by atoms with van der Waals surface area (Å²) in [5.74, 6) is -0.710. The van der Waals surface area contributed by atoms with Gasteiger partial charge in [0.25, 0.3) is 11.5 Å². The lowest BCUT2D eigenvalue weighted by Gasteiger charge is -2.35. The van der Waals surface area contributed by atoms with E-state index in [1.54, 1.807) is 40.1 Å². The minimum Gasteiger partial charge on any atom is -0.339 e. The van der Waals surface area contributed by atoms with Crippen molar-refractivity contribution < 1.29 is 14.0 Å². The Kier molecular flexibility index (Phi) is 4.77. The second-order valence-corrected chi connectivity index (χ2v) is 8.03. The minimum atomic E-state index is -0.612. The van der Waals surface area contributed by atoms with Gasteiger partial charge in [-0.1, -0.05) is 18.2 Å². The molecule has 0 atom stereocenters. The molecular weight excluding hydrogens is 399 g/mol. The number of piperazine rings is 1. The molecule has 5 rings (SSSR count). The molecule has 1 aliphatic carbocycles. The van der Waals surface area contributed by atoms with Gasteiger partial charge >= 0.3 is 0 Å². The molecular formula is C23H21FN4O3. The molecule has 1 saturated carbocycles. The number of aromatic nitrogens is 2. The Morgan fingerprint density at radius 1 is 0.968 bits per heavy atom. The zero-order chi connectivity index (χ0) is 21.5. The van der Waals surface area contributed by atoms with Gasteiger partial charge in [0.05, 0.1) is 16.6 Å². The number of hydrogen-bond donors (Lipinski definition) is 1. The smallest absolute Gasteiger partial charge is 0.272 e. The van der Waals surface area contributed by atoms with E-state index >= 15 is 0 Å². The summed E-state index contributed by atoms with van der Waals surface area (Å²) in [7, 11) is 0. The molecule has 8 heteroatoms. The number of fused-ring (bicyclic) bond motifs is 1. The standard InChI is InChI=1S/C23H21FN4O3/c24-19-8-7-15(20-16-3-1-2-4-17(16)21(29)26-25-20)13-18(19)23(31)28-11-9-27(10-12-28)22(30)14-5-6-14/h1-4,7-8,13-14H,5-6,9-12H2,(H,26,29). The summed E-state index contributed by atoms with van der Waals surface area (Å²) in [5.41, 5.74) is 0.664. The number of carbonyl (C=O) groups excluding carboxylic acids is 2. The number of benzene rings is 2. The first-order valence-electron chi connectivity index (χ1n) is 10.4. The van der Waals surface area contributed by atoms with Gasteiger partial charge in [-0.15, -0.1) is 0 Å². The van der Waals surface area contributed by atoms with Gasteiger partial charge < -0.3 is 9.80 Å². The van der Waals surface area contributed by atoms with Crippen LogP contribution in [0.5, 0.6) is 0 Å². The molecule has 0 spiro atoms. The van der Waals surface area contributed by atoms with Crippen molar-refractivity contribution in [1.29, 1.82) is 0 Å². The highest BCUT2D eigenvalue weighted by Gasteiger charge is 2.35. The van der Waals surface area contributed by atoms with Crippen LogP contribution in [0.3, 0.4) is 0 Å². The lowest BCUT2D eigenvalue weighted by atomic mass is 10.0. The van der Waals surface area contributed by atoms with Gasteiger partial charge in [0.1, 0.15) is 5.82 Å². The van der Waals surface area contributed by atoms with Crippen molar-refractivity contribution in [1.82, 2.24) is 20.0 Å². The number of hydrogen-bond acceptors (Lipinski definition) is 4. The van der Waals surface area contributed by atoms with Gasteiger partial charge in [-0.3, -0.25) is 14.4 Å². The number of rotatable bonds is 3. The van der Waals surface area contributed by atoms with Crippen LogP contribution in [-0.2, 0) is 4.79 Å². The molecule has 2 fully saturated rings. The van der Waals surface area contributed by atoms with Gasteiger partial charge in [0.2, 0.25) is 5.91 Å². The monoisotopic (exact) mass is 420 g/mol. The van der Waals surface area contributed by atoms with E-state index < -0.39 is 11.7 Å². The van der Waals surface area contributed by atoms with Crippen LogP contribution in [0.2, 0.25) is 0 Å². The van der Waals surface area contributed by atoms with Gasteiger partial charge in [-0.2, -0.15) is 5.10 Å². The summed E-state index contributed by atoms with van der Waals surface area (Å²) in [6.45, 7) is 1.69. The maximum Gasteiger partial charge on any atom is 0.272 e. The largest absolute Gasteiger partial charge is 0.339 e. The molecule has 1 saturated heterocycles. The topological polar surface area (TPSA) is 86.4 Å². The molecule has 2 heterocycles. The highest BCUT2D eigenvalue weighted by molar-refractivity contribution is 5.98. The molecule has 2 aliphatic rings. The van der Waals surface area contributed by atoms with Crippen LogP contribution >= 0.6 is 0 Å². The highest BCUT2D eigenvalue weighted by atomic mass is 19.1. The number of nitrogens with zero attached hydrogens (tertiary/aromatic N) is 3. The fourth-order valence-electron chi connectivity index (χ4n) is 4.06. The van der Waals surface area contributed by atoms with Crippen molar-refractivity contribution in [3.05, 3.63) is 64.2 Å². The molecule has 3 aromatic rings. The molecule has 1 N–H and O–H groups in total. The van der Waals surface area contributed by atoms with E-state index in [2.05, 4.69) is 10.2 Å². The quantitative estimate of drug-likeness (QED) is 0.705. The van der Waals surface area contributed by atoms with E-state index in [4.69, 9.17) is 0 Å². The Bertz CT molecular complexity index is 1240. The predicted octanol–water partition coefficient (Wildman–Crippen LogP) is 2.42. The van der Waals surface area contributed by atoms with Crippen LogP contribution in [0.1, 0.15) is 23.2 Å². The Labute approximate surface area is 177 Å². The summed E-state index contributed by atoms with van der Waals surface area (Å²) in [5, 5.41) is 7.71. The third-order valence-electron chi connectivity index (χ3n) is 5.97. The lowest BCUT2D eigenvalue weighted by Crippen LogP contribution is -2.51. The van der Waals surface area contributed by atoms with Crippen LogP contribution < -0.4 is 5.56 Å². The number of aromatic amines is 1. The third kappa shape index (κ3) is 3.58. The van der Waals surface area contributed by atoms with Crippen molar-refractivity contribution in [3.8, 4) is 11.3 Å². The summed E-state index contributed by atoms with van der Waals surface area (Å²) in [4.78, 5) is 40.7. The zero-order valence-electron chi connectivity index (χ0n) is 16.8. The molecule has 2 aromatic carbocycles. The summed E-state index contributed by atoms with van der Waals surface area (Å²) >= 11 is 0.